The summed E-state index contributed by atoms with van der Waals surface area (Å²) in [6.45, 7) is 1.88. The van der Waals surface area contributed by atoms with Crippen LogP contribution < -0.4 is 4.18 Å². The lowest BCUT2D eigenvalue weighted by Crippen LogP contribution is -2.27. The first-order chi connectivity index (χ1) is 13.8. The molecular formula is C20H20N4O4S. The van der Waals surface area contributed by atoms with Gasteiger partial charge in [-0.1, -0.05) is 6.07 Å². The summed E-state index contributed by atoms with van der Waals surface area (Å²) in [5.41, 5.74) is 3.17. The molecule has 0 aliphatic rings. The van der Waals surface area contributed by atoms with Crippen LogP contribution in [-0.2, 0) is 16.7 Å². The molecule has 3 rings (SSSR count). The van der Waals surface area contributed by atoms with Gasteiger partial charge < -0.3 is 4.18 Å². The molecule has 0 fully saturated rings. The van der Waals surface area contributed by atoms with E-state index in [4.69, 9.17) is 4.18 Å². The minimum absolute atomic E-state index is 0.0966. The van der Waals surface area contributed by atoms with Crippen molar-refractivity contribution in [3.05, 3.63) is 71.9 Å². The molecule has 0 N–H and O–H groups in total. The molecule has 9 heteroatoms. The van der Waals surface area contributed by atoms with E-state index < -0.39 is 10.3 Å². The molecule has 2 heterocycles. The minimum atomic E-state index is -3.85. The van der Waals surface area contributed by atoms with E-state index in [9.17, 15) is 13.2 Å². The number of aryl methyl sites for hydroxylation is 1. The van der Waals surface area contributed by atoms with Gasteiger partial charge in [-0.25, -0.2) is 0 Å². The van der Waals surface area contributed by atoms with Crippen molar-refractivity contribution in [3.8, 4) is 17.0 Å². The molecule has 2 aromatic heterocycles. The Balaban J connectivity index is 1.81. The number of pyridine rings is 1. The fourth-order valence-corrected chi connectivity index (χ4v) is 3.00. The van der Waals surface area contributed by atoms with E-state index in [-0.39, 0.29) is 18.0 Å². The molecule has 0 amide bonds. The Hall–Kier alpha value is -3.17. The number of carbonyl (C=O) groups is 1. The average molecular weight is 412 g/mol. The number of aromatic nitrogens is 3. The molecule has 29 heavy (non-hydrogen) atoms. The topological polar surface area (TPSA) is 102 Å². The van der Waals surface area contributed by atoms with Crippen LogP contribution in [0.25, 0.3) is 11.3 Å². The van der Waals surface area contributed by atoms with Crippen LogP contribution in [0, 0.1) is 6.92 Å². The maximum Gasteiger partial charge on any atom is 0.384 e. The highest BCUT2D eigenvalue weighted by Gasteiger charge is 2.17. The van der Waals surface area contributed by atoms with Gasteiger partial charge in [-0.2, -0.15) is 12.7 Å². The molecule has 0 spiro atoms. The van der Waals surface area contributed by atoms with Crippen LogP contribution in [0.3, 0.4) is 0 Å². The van der Waals surface area contributed by atoms with Crippen LogP contribution in [0.5, 0.6) is 5.75 Å². The molecule has 150 valence electrons. The Morgan fingerprint density at radius 2 is 1.90 bits per heavy atom. The maximum atomic E-state index is 12.3. The van der Waals surface area contributed by atoms with Gasteiger partial charge in [0, 0.05) is 43.8 Å². The zero-order chi connectivity index (χ0) is 21.0. The number of rotatable bonds is 7. The fourth-order valence-electron chi connectivity index (χ4n) is 2.50. The summed E-state index contributed by atoms with van der Waals surface area (Å²) in [5.74, 6) is 0.0811. The van der Waals surface area contributed by atoms with Crippen molar-refractivity contribution in [1.29, 1.82) is 0 Å². The van der Waals surface area contributed by atoms with E-state index in [0.29, 0.717) is 22.5 Å². The smallest absolute Gasteiger partial charge is 0.371 e. The largest absolute Gasteiger partial charge is 0.384 e. The Bertz CT molecular complexity index is 1110. The van der Waals surface area contributed by atoms with Crippen molar-refractivity contribution in [2.45, 2.75) is 13.3 Å². The molecule has 0 aliphatic carbocycles. The predicted octanol–water partition coefficient (Wildman–Crippen LogP) is 2.46. The Morgan fingerprint density at radius 3 is 2.52 bits per heavy atom. The molecule has 0 saturated carbocycles. The van der Waals surface area contributed by atoms with E-state index in [1.807, 2.05) is 6.92 Å². The SMILES string of the molecule is Cc1ccc(OS(=O)(=O)N(C)C)cc1-c1cnc(CC(=O)c2cccnc2)cn1. The van der Waals surface area contributed by atoms with Gasteiger partial charge in [0.2, 0.25) is 0 Å². The highest BCUT2D eigenvalue weighted by atomic mass is 32.2. The molecule has 0 atom stereocenters. The quantitative estimate of drug-likeness (QED) is 0.549. The van der Waals surface area contributed by atoms with Crippen molar-refractivity contribution in [1.82, 2.24) is 19.3 Å². The van der Waals surface area contributed by atoms with Gasteiger partial charge in [0.1, 0.15) is 5.75 Å². The number of Topliss-reactive ketones (excluding diaryl/α,β-unsaturated/α-hetero) is 1. The normalized spacial score (nSPS) is 11.4. The standard InChI is InChI=1S/C20H20N4O4S/c1-14-6-7-17(28-29(26,27)24(2)3)10-18(14)19-13-22-16(12-23-19)9-20(25)15-5-4-8-21-11-15/h4-8,10-13H,9H2,1-3H3. The second-order valence-electron chi connectivity index (χ2n) is 6.53. The van der Waals surface area contributed by atoms with Gasteiger partial charge in [0.05, 0.1) is 24.0 Å². The summed E-state index contributed by atoms with van der Waals surface area (Å²) in [4.78, 5) is 24.9. The van der Waals surface area contributed by atoms with Gasteiger partial charge in [-0.05, 0) is 36.8 Å². The second-order valence-corrected chi connectivity index (χ2v) is 8.29. The Morgan fingerprint density at radius 1 is 1.10 bits per heavy atom. The summed E-state index contributed by atoms with van der Waals surface area (Å²) >= 11 is 0. The fraction of sp³-hybridized carbons (Fsp3) is 0.200. The van der Waals surface area contributed by atoms with Crippen LogP contribution in [0.1, 0.15) is 21.6 Å². The van der Waals surface area contributed by atoms with Crippen LogP contribution >= 0.6 is 0 Å². The van der Waals surface area contributed by atoms with Gasteiger partial charge >= 0.3 is 10.3 Å². The molecule has 0 unspecified atom stereocenters. The molecule has 1 aromatic carbocycles. The lowest BCUT2D eigenvalue weighted by Gasteiger charge is -2.13. The summed E-state index contributed by atoms with van der Waals surface area (Å²) in [6, 6.07) is 8.33. The molecule has 0 bridgehead atoms. The average Bonchev–Trinajstić information content (AvgIpc) is 2.70. The maximum absolute atomic E-state index is 12.3. The van der Waals surface area contributed by atoms with Crippen molar-refractivity contribution in [2.24, 2.45) is 0 Å². The van der Waals surface area contributed by atoms with Crippen molar-refractivity contribution < 1.29 is 17.4 Å². The lowest BCUT2D eigenvalue weighted by atomic mass is 10.1. The number of benzene rings is 1. The number of nitrogens with zero attached hydrogens (tertiary/aromatic N) is 4. The minimum Gasteiger partial charge on any atom is -0.371 e. The first-order valence-corrected chi connectivity index (χ1v) is 10.1. The molecule has 0 aliphatic heterocycles. The third-order valence-corrected chi connectivity index (χ3v) is 5.46. The number of carbonyl (C=O) groups excluding carboxylic acids is 1. The van der Waals surface area contributed by atoms with E-state index in [1.54, 1.807) is 42.7 Å². The Labute approximate surface area is 169 Å². The van der Waals surface area contributed by atoms with Crippen molar-refractivity contribution in [3.63, 3.8) is 0 Å². The lowest BCUT2D eigenvalue weighted by molar-refractivity contribution is 0.0991. The van der Waals surface area contributed by atoms with Gasteiger partial charge in [-0.3, -0.25) is 19.7 Å². The summed E-state index contributed by atoms with van der Waals surface area (Å²) in [5, 5.41) is 0. The monoisotopic (exact) mass is 412 g/mol. The van der Waals surface area contributed by atoms with E-state index >= 15 is 0 Å². The van der Waals surface area contributed by atoms with Gasteiger partial charge in [0.15, 0.2) is 5.78 Å². The highest BCUT2D eigenvalue weighted by Crippen LogP contribution is 2.27. The van der Waals surface area contributed by atoms with E-state index in [2.05, 4.69) is 15.0 Å². The van der Waals surface area contributed by atoms with Gasteiger partial charge in [0.25, 0.3) is 0 Å². The number of hydrogen-bond acceptors (Lipinski definition) is 7. The van der Waals surface area contributed by atoms with Crippen LogP contribution in [0.4, 0.5) is 0 Å². The van der Waals surface area contributed by atoms with Gasteiger partial charge in [-0.15, -0.1) is 0 Å². The number of hydrogen-bond donors (Lipinski definition) is 0. The first-order valence-electron chi connectivity index (χ1n) is 8.73. The third kappa shape index (κ3) is 5.01. The van der Waals surface area contributed by atoms with Crippen LogP contribution in [0.15, 0.2) is 55.1 Å². The highest BCUT2D eigenvalue weighted by molar-refractivity contribution is 7.84. The molecule has 3 aromatic rings. The zero-order valence-electron chi connectivity index (χ0n) is 16.2. The Kier molecular flexibility index (Phi) is 6.00. The van der Waals surface area contributed by atoms with E-state index in [0.717, 1.165) is 9.87 Å². The van der Waals surface area contributed by atoms with Crippen molar-refractivity contribution in [2.75, 3.05) is 14.1 Å². The van der Waals surface area contributed by atoms with Crippen LogP contribution in [0.2, 0.25) is 0 Å². The summed E-state index contributed by atoms with van der Waals surface area (Å²) in [6.07, 6.45) is 6.32. The first kappa shape index (κ1) is 20.6. The summed E-state index contributed by atoms with van der Waals surface area (Å²) in [7, 11) is -1.07. The summed E-state index contributed by atoms with van der Waals surface area (Å²) < 4.78 is 30.0. The molecular weight excluding hydrogens is 392 g/mol. The van der Waals surface area contributed by atoms with Crippen molar-refractivity contribution >= 4 is 16.1 Å². The molecule has 0 saturated heterocycles. The molecule has 0 radical (unpaired) electrons. The third-order valence-electron chi connectivity index (χ3n) is 4.16. The molecule has 8 nitrogen and oxygen atoms in total. The number of ketones is 1. The van der Waals surface area contributed by atoms with E-state index in [1.165, 1.54) is 26.5 Å². The predicted molar refractivity (Wildman–Crippen MR) is 108 cm³/mol. The zero-order valence-corrected chi connectivity index (χ0v) is 17.0. The second kappa shape index (κ2) is 8.46. The van der Waals surface area contributed by atoms with Crippen LogP contribution in [-0.4, -0.2) is 47.6 Å².